The summed E-state index contributed by atoms with van der Waals surface area (Å²) in [6, 6.07) is 3.72. The summed E-state index contributed by atoms with van der Waals surface area (Å²) in [5.74, 6) is 0.448. The van der Waals surface area contributed by atoms with Gasteiger partial charge in [-0.2, -0.15) is 5.21 Å². The van der Waals surface area contributed by atoms with Crippen LogP contribution in [0, 0.1) is 0 Å². The summed E-state index contributed by atoms with van der Waals surface area (Å²) in [5, 5.41) is 13.8. The number of aromatic amines is 1. The number of hydrogen-bond acceptors (Lipinski definition) is 6. The molecule has 0 bridgehead atoms. The highest BCUT2D eigenvalue weighted by Gasteiger charge is 2.51. The number of hydrogen-bond donors (Lipinski definition) is 1. The lowest BCUT2D eigenvalue weighted by molar-refractivity contribution is 0.00578. The van der Waals surface area contributed by atoms with E-state index in [4.69, 9.17) is 9.31 Å². The van der Waals surface area contributed by atoms with Crippen LogP contribution in [0.15, 0.2) is 18.3 Å². The number of aromatic nitrogens is 5. The van der Waals surface area contributed by atoms with Crippen molar-refractivity contribution in [3.05, 3.63) is 18.3 Å². The van der Waals surface area contributed by atoms with Gasteiger partial charge in [0.2, 0.25) is 5.82 Å². The van der Waals surface area contributed by atoms with Gasteiger partial charge in [0.05, 0.1) is 11.2 Å². The van der Waals surface area contributed by atoms with E-state index in [1.165, 1.54) is 0 Å². The maximum absolute atomic E-state index is 6.01. The first-order valence-corrected chi connectivity index (χ1v) is 6.44. The van der Waals surface area contributed by atoms with Gasteiger partial charge in [-0.25, -0.2) is 0 Å². The molecule has 0 spiro atoms. The van der Waals surface area contributed by atoms with Gasteiger partial charge in [-0.15, -0.1) is 10.2 Å². The summed E-state index contributed by atoms with van der Waals surface area (Å²) in [6.45, 7) is 8.09. The van der Waals surface area contributed by atoms with Crippen LogP contribution >= 0.6 is 0 Å². The zero-order valence-electron chi connectivity index (χ0n) is 11.9. The maximum Gasteiger partial charge on any atom is 0.494 e. The summed E-state index contributed by atoms with van der Waals surface area (Å²) in [6.07, 6.45) is 1.69. The van der Waals surface area contributed by atoms with Gasteiger partial charge in [-0.1, -0.05) is 0 Å². The van der Waals surface area contributed by atoms with E-state index in [0.29, 0.717) is 11.5 Å². The molecule has 0 saturated carbocycles. The molecule has 1 N–H and O–H groups in total. The topological polar surface area (TPSA) is 85.8 Å². The van der Waals surface area contributed by atoms with Crippen LogP contribution in [0.5, 0.6) is 0 Å². The molecule has 7 nitrogen and oxygen atoms in total. The quantitative estimate of drug-likeness (QED) is 0.805. The molecule has 0 unspecified atom stereocenters. The monoisotopic (exact) mass is 273 g/mol. The summed E-state index contributed by atoms with van der Waals surface area (Å²) in [4.78, 5) is 4.23. The fourth-order valence-electron chi connectivity index (χ4n) is 1.97. The zero-order chi connectivity index (χ0) is 14.4. The summed E-state index contributed by atoms with van der Waals surface area (Å²) in [5.41, 5.74) is 0.782. The second-order valence-electron chi connectivity index (χ2n) is 5.80. The predicted octanol–water partition coefficient (Wildman–Crippen LogP) is 0.561. The smallest absolute Gasteiger partial charge is 0.399 e. The molecule has 0 amide bonds. The predicted molar refractivity (Wildman–Crippen MR) is 73.1 cm³/mol. The number of tetrazole rings is 1. The fraction of sp³-hybridized carbons (Fsp3) is 0.500. The van der Waals surface area contributed by atoms with E-state index < -0.39 is 7.12 Å². The molecule has 1 saturated heterocycles. The van der Waals surface area contributed by atoms with Crippen LogP contribution in [-0.2, 0) is 9.31 Å². The number of nitrogens with zero attached hydrogens (tertiary/aromatic N) is 4. The van der Waals surface area contributed by atoms with Gasteiger partial charge >= 0.3 is 7.12 Å². The molecule has 0 aromatic carbocycles. The lowest BCUT2D eigenvalue weighted by Gasteiger charge is -2.32. The molecule has 1 aliphatic rings. The second-order valence-corrected chi connectivity index (χ2v) is 5.80. The van der Waals surface area contributed by atoms with Crippen molar-refractivity contribution in [1.29, 1.82) is 0 Å². The van der Waals surface area contributed by atoms with Crippen LogP contribution < -0.4 is 5.46 Å². The van der Waals surface area contributed by atoms with Gasteiger partial charge in [0.15, 0.2) is 0 Å². The summed E-state index contributed by atoms with van der Waals surface area (Å²) < 4.78 is 12.0. The van der Waals surface area contributed by atoms with Crippen molar-refractivity contribution < 1.29 is 9.31 Å². The highest BCUT2D eigenvalue weighted by molar-refractivity contribution is 6.62. The van der Waals surface area contributed by atoms with Gasteiger partial charge in [0, 0.05) is 6.20 Å². The number of rotatable bonds is 2. The normalized spacial score (nSPS) is 20.3. The largest absolute Gasteiger partial charge is 0.494 e. The highest BCUT2D eigenvalue weighted by Crippen LogP contribution is 2.36. The Morgan fingerprint density at radius 1 is 1.15 bits per heavy atom. The zero-order valence-corrected chi connectivity index (χ0v) is 11.9. The first kappa shape index (κ1) is 13.2. The molecular weight excluding hydrogens is 257 g/mol. The Bertz CT molecular complexity index is 598. The average molecular weight is 273 g/mol. The van der Waals surface area contributed by atoms with Crippen molar-refractivity contribution >= 4 is 12.6 Å². The van der Waals surface area contributed by atoms with Crippen LogP contribution in [0.1, 0.15) is 27.7 Å². The molecule has 0 atom stereocenters. The Morgan fingerprint density at radius 2 is 1.85 bits per heavy atom. The van der Waals surface area contributed by atoms with Crippen molar-refractivity contribution in [3.63, 3.8) is 0 Å². The van der Waals surface area contributed by atoms with Gasteiger partial charge in [0.1, 0.15) is 5.69 Å². The molecule has 0 aliphatic carbocycles. The lowest BCUT2D eigenvalue weighted by Crippen LogP contribution is -2.41. The number of pyridine rings is 1. The van der Waals surface area contributed by atoms with E-state index in [9.17, 15) is 0 Å². The maximum atomic E-state index is 6.01. The first-order valence-electron chi connectivity index (χ1n) is 6.44. The molecule has 2 aromatic heterocycles. The molecule has 1 fully saturated rings. The van der Waals surface area contributed by atoms with Gasteiger partial charge in [-0.3, -0.25) is 4.98 Å². The van der Waals surface area contributed by atoms with Crippen LogP contribution in [0.4, 0.5) is 0 Å². The minimum absolute atomic E-state index is 0.368. The average Bonchev–Trinajstić information content (AvgIpc) is 2.97. The van der Waals surface area contributed by atoms with Crippen LogP contribution in [0.25, 0.3) is 11.5 Å². The number of nitrogens with one attached hydrogen (secondary N) is 1. The molecule has 3 rings (SSSR count). The van der Waals surface area contributed by atoms with Gasteiger partial charge < -0.3 is 9.31 Å². The van der Waals surface area contributed by atoms with E-state index in [1.807, 2.05) is 39.8 Å². The molecule has 104 valence electrons. The Kier molecular flexibility index (Phi) is 2.88. The third-order valence-electron chi connectivity index (χ3n) is 3.88. The van der Waals surface area contributed by atoms with Gasteiger partial charge in [0.25, 0.3) is 0 Å². The Morgan fingerprint density at radius 3 is 2.45 bits per heavy atom. The second kappa shape index (κ2) is 4.36. The number of H-pyrrole nitrogens is 1. The lowest BCUT2D eigenvalue weighted by atomic mass is 9.79. The summed E-state index contributed by atoms with van der Waals surface area (Å²) in [7, 11) is -0.423. The van der Waals surface area contributed by atoms with Crippen LogP contribution in [0.2, 0.25) is 0 Å². The van der Waals surface area contributed by atoms with Crippen molar-refractivity contribution in [2.24, 2.45) is 0 Å². The van der Waals surface area contributed by atoms with Crippen molar-refractivity contribution in [2.45, 2.75) is 38.9 Å². The summed E-state index contributed by atoms with van der Waals surface area (Å²) >= 11 is 0. The van der Waals surface area contributed by atoms with Crippen LogP contribution in [0.3, 0.4) is 0 Å². The van der Waals surface area contributed by atoms with Crippen molar-refractivity contribution in [3.8, 4) is 11.5 Å². The third-order valence-corrected chi connectivity index (χ3v) is 3.88. The fourth-order valence-corrected chi connectivity index (χ4v) is 1.97. The molecule has 0 radical (unpaired) electrons. The molecular formula is C12H16BN5O2. The minimum atomic E-state index is -0.423. The molecule has 20 heavy (non-hydrogen) atoms. The third kappa shape index (κ3) is 2.10. The Labute approximate surface area is 117 Å². The molecule has 1 aliphatic heterocycles. The Balaban J connectivity index is 1.91. The van der Waals surface area contributed by atoms with E-state index in [1.54, 1.807) is 6.20 Å². The molecule has 3 heterocycles. The standard InChI is InChI=1S/C12H16BN5O2/c1-11(2)12(3,4)20-13(19-11)8-5-6-14-9(7-8)10-15-17-18-16-10/h5-7H,1-4H3,(H,15,16,17,18). The first-order chi connectivity index (χ1) is 9.39. The minimum Gasteiger partial charge on any atom is -0.399 e. The van der Waals surface area contributed by atoms with E-state index >= 15 is 0 Å². The Hall–Kier alpha value is -1.80. The van der Waals surface area contributed by atoms with Crippen molar-refractivity contribution in [1.82, 2.24) is 25.6 Å². The van der Waals surface area contributed by atoms with E-state index in [0.717, 1.165) is 5.46 Å². The van der Waals surface area contributed by atoms with E-state index in [-0.39, 0.29) is 11.2 Å². The van der Waals surface area contributed by atoms with Crippen LogP contribution in [-0.4, -0.2) is 43.9 Å². The van der Waals surface area contributed by atoms with Crippen molar-refractivity contribution in [2.75, 3.05) is 0 Å². The highest BCUT2D eigenvalue weighted by atomic mass is 16.7. The van der Waals surface area contributed by atoms with E-state index in [2.05, 4.69) is 25.6 Å². The molecule has 2 aromatic rings. The SMILES string of the molecule is CC1(C)OB(c2ccnc(-c3nn[nH]n3)c2)OC1(C)C. The molecule has 8 heteroatoms. The van der Waals surface area contributed by atoms with Gasteiger partial charge in [-0.05, 0) is 50.5 Å².